The lowest BCUT2D eigenvalue weighted by Crippen LogP contribution is -2.26. The fourth-order valence-corrected chi connectivity index (χ4v) is 2.92. The molecule has 1 unspecified atom stereocenters. The first kappa shape index (κ1) is 16.2. The topological polar surface area (TPSA) is 47.7 Å². The van der Waals surface area contributed by atoms with Crippen molar-refractivity contribution in [3.63, 3.8) is 0 Å². The lowest BCUT2D eigenvalue weighted by Gasteiger charge is -2.17. The number of nitrogens with zero attached hydrogens (tertiary/aromatic N) is 4. The van der Waals surface area contributed by atoms with E-state index in [4.69, 9.17) is 0 Å². The number of aryl methyl sites for hydroxylation is 3. The van der Waals surface area contributed by atoms with Crippen LogP contribution >= 0.6 is 15.9 Å². The normalized spacial score (nSPS) is 12.8. The van der Waals surface area contributed by atoms with Crippen LogP contribution in [0.1, 0.15) is 43.4 Å². The Morgan fingerprint density at radius 2 is 2.10 bits per heavy atom. The summed E-state index contributed by atoms with van der Waals surface area (Å²) < 4.78 is 5.04. The van der Waals surface area contributed by atoms with E-state index in [0.717, 1.165) is 41.8 Å². The maximum Gasteiger partial charge on any atom is 0.0797 e. The lowest BCUT2D eigenvalue weighted by atomic mass is 10.1. The number of halogens is 1. The molecule has 2 aromatic heterocycles. The Hall–Kier alpha value is -1.14. The van der Waals surface area contributed by atoms with Crippen LogP contribution in [-0.2, 0) is 20.0 Å². The number of aromatic nitrogens is 4. The highest BCUT2D eigenvalue weighted by Gasteiger charge is 2.20. The monoisotopic (exact) mass is 353 g/mol. The third-order valence-corrected chi connectivity index (χ3v) is 4.61. The maximum atomic E-state index is 4.58. The second-order valence-corrected chi connectivity index (χ2v) is 6.08. The molecule has 0 aromatic carbocycles. The smallest absolute Gasteiger partial charge is 0.0797 e. The Bertz CT molecular complexity index is 587. The van der Waals surface area contributed by atoms with Crippen molar-refractivity contribution in [1.82, 2.24) is 24.9 Å². The molecule has 0 saturated carbocycles. The molecule has 1 N–H and O–H groups in total. The summed E-state index contributed by atoms with van der Waals surface area (Å²) in [7, 11) is 1.96. The van der Waals surface area contributed by atoms with Crippen LogP contribution in [0.25, 0.3) is 0 Å². The minimum absolute atomic E-state index is 0.212. The van der Waals surface area contributed by atoms with Gasteiger partial charge >= 0.3 is 0 Å². The molecule has 2 rings (SSSR count). The molecule has 0 amide bonds. The van der Waals surface area contributed by atoms with Gasteiger partial charge < -0.3 is 5.32 Å². The van der Waals surface area contributed by atoms with E-state index in [1.54, 1.807) is 0 Å². The van der Waals surface area contributed by atoms with E-state index in [1.807, 2.05) is 24.9 Å². The van der Waals surface area contributed by atoms with Crippen molar-refractivity contribution in [1.29, 1.82) is 0 Å². The summed E-state index contributed by atoms with van der Waals surface area (Å²) in [6, 6.07) is 2.30. The molecule has 5 nitrogen and oxygen atoms in total. The highest BCUT2D eigenvalue weighted by atomic mass is 79.9. The molecule has 21 heavy (non-hydrogen) atoms. The zero-order chi connectivity index (χ0) is 15.4. The molecule has 0 aliphatic heterocycles. The second-order valence-electron chi connectivity index (χ2n) is 5.29. The van der Waals surface area contributed by atoms with Gasteiger partial charge in [0.25, 0.3) is 0 Å². The SMILES string of the molecule is CCCNC(Cc1c(Br)c(C)nn1CC)c1ccn(C)n1. The fraction of sp³-hybridized carbons (Fsp3) is 0.600. The largest absolute Gasteiger partial charge is 0.308 e. The molecular formula is C15H24BrN5. The summed E-state index contributed by atoms with van der Waals surface area (Å²) in [4.78, 5) is 0. The van der Waals surface area contributed by atoms with Crippen LogP contribution in [0.5, 0.6) is 0 Å². The summed E-state index contributed by atoms with van der Waals surface area (Å²) in [6.07, 6.45) is 3.98. The summed E-state index contributed by atoms with van der Waals surface area (Å²) in [5.74, 6) is 0. The lowest BCUT2D eigenvalue weighted by molar-refractivity contribution is 0.487. The maximum absolute atomic E-state index is 4.58. The van der Waals surface area contributed by atoms with Crippen LogP contribution in [0.3, 0.4) is 0 Å². The van der Waals surface area contributed by atoms with Crippen molar-refractivity contribution in [3.05, 3.63) is 33.8 Å². The van der Waals surface area contributed by atoms with Crippen LogP contribution < -0.4 is 5.32 Å². The number of hydrogen-bond acceptors (Lipinski definition) is 3. The summed E-state index contributed by atoms with van der Waals surface area (Å²) in [5, 5.41) is 12.7. The van der Waals surface area contributed by atoms with Crippen molar-refractivity contribution >= 4 is 15.9 Å². The molecule has 6 heteroatoms. The van der Waals surface area contributed by atoms with Gasteiger partial charge in [-0.25, -0.2) is 0 Å². The van der Waals surface area contributed by atoms with Crippen LogP contribution in [0, 0.1) is 6.92 Å². The van der Waals surface area contributed by atoms with Crippen LogP contribution in [0.2, 0.25) is 0 Å². The molecule has 0 aliphatic rings. The molecular weight excluding hydrogens is 330 g/mol. The second kappa shape index (κ2) is 7.22. The Morgan fingerprint density at radius 1 is 1.33 bits per heavy atom. The number of rotatable bonds is 7. The van der Waals surface area contributed by atoms with E-state index in [9.17, 15) is 0 Å². The molecule has 0 saturated heterocycles. The average Bonchev–Trinajstić information content (AvgIpc) is 3.01. The Labute approximate surface area is 134 Å². The van der Waals surface area contributed by atoms with E-state index in [2.05, 4.69) is 56.0 Å². The first-order valence-electron chi connectivity index (χ1n) is 7.51. The number of nitrogens with one attached hydrogen (secondary N) is 1. The molecule has 1 atom stereocenters. The van der Waals surface area contributed by atoms with Crippen LogP contribution in [-0.4, -0.2) is 26.1 Å². The van der Waals surface area contributed by atoms with E-state index in [-0.39, 0.29) is 6.04 Å². The molecule has 0 fully saturated rings. The van der Waals surface area contributed by atoms with Crippen molar-refractivity contribution in [2.45, 2.75) is 46.2 Å². The molecule has 2 heterocycles. The van der Waals surface area contributed by atoms with Gasteiger partial charge in [-0.05, 0) is 48.8 Å². The Balaban J connectivity index is 2.26. The highest BCUT2D eigenvalue weighted by Crippen LogP contribution is 2.26. The quantitative estimate of drug-likeness (QED) is 0.832. The number of hydrogen-bond donors (Lipinski definition) is 1. The van der Waals surface area contributed by atoms with Gasteiger partial charge in [-0.2, -0.15) is 10.2 Å². The van der Waals surface area contributed by atoms with Crippen molar-refractivity contribution in [2.75, 3.05) is 6.54 Å². The van der Waals surface area contributed by atoms with Gasteiger partial charge in [-0.3, -0.25) is 9.36 Å². The summed E-state index contributed by atoms with van der Waals surface area (Å²) >= 11 is 3.68. The molecule has 0 spiro atoms. The first-order chi connectivity index (χ1) is 10.1. The van der Waals surface area contributed by atoms with E-state index < -0.39 is 0 Å². The molecule has 2 aromatic rings. The molecule has 0 aliphatic carbocycles. The van der Waals surface area contributed by atoms with Gasteiger partial charge in [0.15, 0.2) is 0 Å². The molecule has 0 bridgehead atoms. The Morgan fingerprint density at radius 3 is 2.67 bits per heavy atom. The molecule has 116 valence electrons. The van der Waals surface area contributed by atoms with Crippen LogP contribution in [0.15, 0.2) is 16.7 Å². The van der Waals surface area contributed by atoms with Gasteiger partial charge in [0.1, 0.15) is 0 Å². The van der Waals surface area contributed by atoms with Gasteiger partial charge in [0, 0.05) is 26.2 Å². The minimum atomic E-state index is 0.212. The predicted octanol–water partition coefficient (Wildman–Crippen LogP) is 2.99. The zero-order valence-corrected chi connectivity index (χ0v) is 14.8. The highest BCUT2D eigenvalue weighted by molar-refractivity contribution is 9.10. The van der Waals surface area contributed by atoms with Crippen molar-refractivity contribution in [3.8, 4) is 0 Å². The van der Waals surface area contributed by atoms with Crippen molar-refractivity contribution < 1.29 is 0 Å². The van der Waals surface area contributed by atoms with E-state index in [1.165, 1.54) is 5.69 Å². The third kappa shape index (κ3) is 3.74. The van der Waals surface area contributed by atoms with Crippen LogP contribution in [0.4, 0.5) is 0 Å². The van der Waals surface area contributed by atoms with Gasteiger partial charge in [-0.15, -0.1) is 0 Å². The average molecular weight is 354 g/mol. The van der Waals surface area contributed by atoms with Gasteiger partial charge in [-0.1, -0.05) is 6.92 Å². The standard InChI is InChI=1S/C15H24BrN5/c1-5-8-17-13(12-7-9-20(4)19-12)10-14-15(16)11(3)18-21(14)6-2/h7,9,13,17H,5-6,8,10H2,1-4H3. The van der Waals surface area contributed by atoms with E-state index in [0.29, 0.717) is 0 Å². The van der Waals surface area contributed by atoms with E-state index >= 15 is 0 Å². The minimum Gasteiger partial charge on any atom is -0.308 e. The van der Waals surface area contributed by atoms with Crippen molar-refractivity contribution in [2.24, 2.45) is 7.05 Å². The zero-order valence-electron chi connectivity index (χ0n) is 13.2. The Kier molecular flexibility index (Phi) is 5.58. The predicted molar refractivity (Wildman–Crippen MR) is 88.3 cm³/mol. The summed E-state index contributed by atoms with van der Waals surface area (Å²) in [6.45, 7) is 8.20. The first-order valence-corrected chi connectivity index (χ1v) is 8.30. The fourth-order valence-electron chi connectivity index (χ4n) is 2.48. The third-order valence-electron chi connectivity index (χ3n) is 3.58. The molecule has 0 radical (unpaired) electrons. The summed E-state index contributed by atoms with van der Waals surface area (Å²) in [5.41, 5.74) is 3.36. The van der Waals surface area contributed by atoms with Gasteiger partial charge in [0.2, 0.25) is 0 Å². The van der Waals surface area contributed by atoms with Gasteiger partial charge in [0.05, 0.1) is 27.6 Å².